The lowest BCUT2D eigenvalue weighted by Crippen LogP contribution is -2.10. The molecule has 2 aromatic rings. The molecule has 2 rings (SSSR count). The molecule has 0 aliphatic carbocycles. The number of aryl methyl sites for hydroxylation is 1. The Morgan fingerprint density at radius 3 is 2.83 bits per heavy atom. The normalized spacial score (nSPS) is 10.1. The summed E-state index contributed by atoms with van der Waals surface area (Å²) in [6.07, 6.45) is 6.26. The van der Waals surface area contributed by atoms with Crippen LogP contribution >= 0.6 is 0 Å². The Morgan fingerprint density at radius 1 is 1.33 bits per heavy atom. The molecule has 0 spiro atoms. The van der Waals surface area contributed by atoms with E-state index < -0.39 is 5.97 Å². The van der Waals surface area contributed by atoms with Crippen LogP contribution in [0.3, 0.4) is 0 Å². The van der Waals surface area contributed by atoms with E-state index >= 15 is 0 Å². The van der Waals surface area contributed by atoms with Crippen molar-refractivity contribution < 1.29 is 9.90 Å². The summed E-state index contributed by atoms with van der Waals surface area (Å²) in [5.41, 5.74) is 1.99. The summed E-state index contributed by atoms with van der Waals surface area (Å²) in [6, 6.07) is 1.87. The molecule has 2 heterocycles. The lowest BCUT2D eigenvalue weighted by molar-refractivity contribution is 0.0691. The van der Waals surface area contributed by atoms with Gasteiger partial charge in [0.25, 0.3) is 0 Å². The number of nitrogens with zero attached hydrogens (tertiary/aromatic N) is 3. The van der Waals surface area contributed by atoms with Crippen LogP contribution < -0.4 is 5.32 Å². The maximum absolute atomic E-state index is 10.9. The maximum atomic E-state index is 10.9. The third-order valence-corrected chi connectivity index (χ3v) is 2.48. The van der Waals surface area contributed by atoms with Gasteiger partial charge in [-0.05, 0) is 24.1 Å². The fourth-order valence-corrected chi connectivity index (χ4v) is 1.50. The molecule has 0 amide bonds. The minimum absolute atomic E-state index is 0.0794. The van der Waals surface area contributed by atoms with E-state index in [4.69, 9.17) is 5.11 Å². The SMILES string of the molecule is Cc1cnccc1CNc1nccnc1C(=O)O. The van der Waals surface area contributed by atoms with Gasteiger partial charge in [-0.1, -0.05) is 0 Å². The number of rotatable bonds is 4. The summed E-state index contributed by atoms with van der Waals surface area (Å²) in [7, 11) is 0. The monoisotopic (exact) mass is 244 g/mol. The first-order valence-corrected chi connectivity index (χ1v) is 5.36. The van der Waals surface area contributed by atoms with Gasteiger partial charge in [-0.15, -0.1) is 0 Å². The largest absolute Gasteiger partial charge is 0.476 e. The molecule has 0 aliphatic heterocycles. The Morgan fingerprint density at radius 2 is 2.11 bits per heavy atom. The van der Waals surface area contributed by atoms with Crippen LogP contribution in [-0.2, 0) is 6.54 Å². The van der Waals surface area contributed by atoms with Gasteiger partial charge >= 0.3 is 5.97 Å². The first-order valence-electron chi connectivity index (χ1n) is 5.36. The van der Waals surface area contributed by atoms with Crippen molar-refractivity contribution in [3.05, 3.63) is 47.7 Å². The van der Waals surface area contributed by atoms with Gasteiger partial charge in [0, 0.05) is 31.3 Å². The molecule has 0 unspecified atom stereocenters. The van der Waals surface area contributed by atoms with Gasteiger partial charge in [-0.25, -0.2) is 14.8 Å². The Hall–Kier alpha value is -2.50. The van der Waals surface area contributed by atoms with Crippen LogP contribution in [0.4, 0.5) is 5.82 Å². The maximum Gasteiger partial charge on any atom is 0.358 e. The van der Waals surface area contributed by atoms with E-state index in [0.717, 1.165) is 11.1 Å². The zero-order valence-corrected chi connectivity index (χ0v) is 9.79. The van der Waals surface area contributed by atoms with Crippen LogP contribution in [-0.4, -0.2) is 26.0 Å². The lowest BCUT2D eigenvalue weighted by atomic mass is 10.1. The number of hydrogen-bond acceptors (Lipinski definition) is 5. The van der Waals surface area contributed by atoms with Crippen molar-refractivity contribution in [3.63, 3.8) is 0 Å². The average molecular weight is 244 g/mol. The molecule has 0 saturated carbocycles. The molecule has 0 aromatic carbocycles. The van der Waals surface area contributed by atoms with Crippen molar-refractivity contribution in [2.24, 2.45) is 0 Å². The minimum Gasteiger partial charge on any atom is -0.476 e. The van der Waals surface area contributed by atoms with Gasteiger partial charge in [0.05, 0.1) is 0 Å². The summed E-state index contributed by atoms with van der Waals surface area (Å²) in [5, 5.41) is 11.9. The fourth-order valence-electron chi connectivity index (χ4n) is 1.50. The predicted molar refractivity (Wildman–Crippen MR) is 65.3 cm³/mol. The Bertz CT molecular complexity index is 572. The van der Waals surface area contributed by atoms with E-state index in [0.29, 0.717) is 6.54 Å². The quantitative estimate of drug-likeness (QED) is 0.847. The standard InChI is InChI=1S/C12H12N4O2/c1-8-6-13-3-2-9(8)7-16-11-10(12(17)18)14-4-5-15-11/h2-6H,7H2,1H3,(H,15,16)(H,17,18). The second kappa shape index (κ2) is 5.22. The Balaban J connectivity index is 2.16. The van der Waals surface area contributed by atoms with Crippen molar-refractivity contribution in [3.8, 4) is 0 Å². The van der Waals surface area contributed by atoms with Crippen LogP contribution in [0.2, 0.25) is 0 Å². The van der Waals surface area contributed by atoms with Gasteiger partial charge in [-0.2, -0.15) is 0 Å². The van der Waals surface area contributed by atoms with Gasteiger partial charge in [0.15, 0.2) is 11.5 Å². The molecule has 0 atom stereocenters. The predicted octanol–water partition coefficient (Wildman–Crippen LogP) is 1.49. The number of carboxylic acids is 1. The molecular weight excluding hydrogens is 232 g/mol. The highest BCUT2D eigenvalue weighted by Gasteiger charge is 2.12. The molecule has 0 aliphatic rings. The molecular formula is C12H12N4O2. The van der Waals surface area contributed by atoms with E-state index in [1.807, 2.05) is 13.0 Å². The minimum atomic E-state index is -1.10. The molecule has 2 N–H and O–H groups in total. The third-order valence-electron chi connectivity index (χ3n) is 2.48. The second-order valence-electron chi connectivity index (χ2n) is 3.71. The second-order valence-corrected chi connectivity index (χ2v) is 3.71. The van der Waals surface area contributed by atoms with Crippen molar-refractivity contribution in [2.75, 3.05) is 5.32 Å². The van der Waals surface area contributed by atoms with Crippen LogP contribution in [0.5, 0.6) is 0 Å². The van der Waals surface area contributed by atoms with Crippen LogP contribution in [0, 0.1) is 6.92 Å². The highest BCUT2D eigenvalue weighted by Crippen LogP contribution is 2.11. The highest BCUT2D eigenvalue weighted by atomic mass is 16.4. The number of carboxylic acid groups (broad SMARTS) is 1. The van der Waals surface area contributed by atoms with Crippen molar-refractivity contribution >= 4 is 11.8 Å². The number of aromatic nitrogens is 3. The van der Waals surface area contributed by atoms with E-state index in [9.17, 15) is 4.79 Å². The van der Waals surface area contributed by atoms with Gasteiger partial charge in [0.1, 0.15) is 0 Å². The Labute approximate surface area is 104 Å². The number of hydrogen-bond donors (Lipinski definition) is 2. The van der Waals surface area contributed by atoms with Crippen molar-refractivity contribution in [2.45, 2.75) is 13.5 Å². The fraction of sp³-hybridized carbons (Fsp3) is 0.167. The van der Waals surface area contributed by atoms with Gasteiger partial charge in [0.2, 0.25) is 0 Å². The zero-order chi connectivity index (χ0) is 13.0. The molecule has 2 aromatic heterocycles. The topological polar surface area (TPSA) is 88.0 Å². The van der Waals surface area contributed by atoms with E-state index in [1.54, 1.807) is 12.4 Å². The van der Waals surface area contributed by atoms with E-state index in [2.05, 4.69) is 20.3 Å². The average Bonchev–Trinajstić information content (AvgIpc) is 2.38. The smallest absolute Gasteiger partial charge is 0.358 e. The summed E-state index contributed by atoms with van der Waals surface area (Å²) >= 11 is 0. The van der Waals surface area contributed by atoms with Crippen molar-refractivity contribution in [1.82, 2.24) is 15.0 Å². The number of aromatic carboxylic acids is 1. The molecule has 0 fully saturated rings. The van der Waals surface area contributed by atoms with Gasteiger partial charge in [-0.3, -0.25) is 4.98 Å². The number of pyridine rings is 1. The number of anilines is 1. The third kappa shape index (κ3) is 2.60. The molecule has 6 heteroatoms. The lowest BCUT2D eigenvalue weighted by Gasteiger charge is -2.09. The summed E-state index contributed by atoms with van der Waals surface area (Å²) in [6.45, 7) is 2.42. The molecule has 6 nitrogen and oxygen atoms in total. The van der Waals surface area contributed by atoms with Crippen LogP contribution in [0.15, 0.2) is 30.9 Å². The number of carbonyl (C=O) groups is 1. The van der Waals surface area contributed by atoms with Crippen LogP contribution in [0.25, 0.3) is 0 Å². The molecule has 0 bridgehead atoms. The molecule has 0 radical (unpaired) electrons. The first-order chi connectivity index (χ1) is 8.68. The zero-order valence-electron chi connectivity index (χ0n) is 9.79. The first kappa shape index (κ1) is 12.0. The summed E-state index contributed by atoms with van der Waals surface area (Å²) in [4.78, 5) is 22.7. The van der Waals surface area contributed by atoms with Crippen molar-refractivity contribution in [1.29, 1.82) is 0 Å². The molecule has 0 saturated heterocycles. The highest BCUT2D eigenvalue weighted by molar-refractivity contribution is 5.90. The Kier molecular flexibility index (Phi) is 3.47. The van der Waals surface area contributed by atoms with Gasteiger partial charge < -0.3 is 10.4 Å². The summed E-state index contributed by atoms with van der Waals surface area (Å²) < 4.78 is 0. The molecule has 92 valence electrons. The molecule has 18 heavy (non-hydrogen) atoms. The number of nitrogens with one attached hydrogen (secondary N) is 1. The van der Waals surface area contributed by atoms with E-state index in [1.165, 1.54) is 12.4 Å². The van der Waals surface area contributed by atoms with Crippen LogP contribution in [0.1, 0.15) is 21.6 Å². The van der Waals surface area contributed by atoms with E-state index in [-0.39, 0.29) is 11.5 Å². The summed E-state index contributed by atoms with van der Waals surface area (Å²) in [5.74, 6) is -0.835.